The van der Waals surface area contributed by atoms with Crippen molar-refractivity contribution in [1.82, 2.24) is 14.5 Å². The van der Waals surface area contributed by atoms with Crippen molar-refractivity contribution < 1.29 is 22.7 Å². The number of methoxy groups -OCH3 is 2. The van der Waals surface area contributed by atoms with Crippen LogP contribution in [0.1, 0.15) is 5.56 Å². The second-order valence-corrected chi connectivity index (χ2v) is 7.33. The molecule has 0 bridgehead atoms. The normalized spacial score (nSPS) is 15.9. The van der Waals surface area contributed by atoms with E-state index >= 15 is 0 Å². The maximum atomic E-state index is 12.9. The third kappa shape index (κ3) is 3.41. The van der Waals surface area contributed by atoms with Gasteiger partial charge in [0.2, 0.25) is 10.0 Å². The standard InChI is InChI=1S/C15H23N3O5S/c1-11-9-12(22-3)13(23-4)10-14(11)24(20,21)18-7-5-17(6-8-18)15(19)16-2/h9-10H,5-8H2,1-4H3,(H,16,19). The summed E-state index contributed by atoms with van der Waals surface area (Å²) in [6.45, 7) is 2.93. The molecule has 134 valence electrons. The van der Waals surface area contributed by atoms with Crippen molar-refractivity contribution in [3.8, 4) is 11.5 Å². The summed E-state index contributed by atoms with van der Waals surface area (Å²) in [4.78, 5) is 13.4. The lowest BCUT2D eigenvalue weighted by molar-refractivity contribution is 0.174. The van der Waals surface area contributed by atoms with Crippen LogP contribution in [0.15, 0.2) is 17.0 Å². The van der Waals surface area contributed by atoms with Crippen LogP contribution in [0.4, 0.5) is 4.79 Å². The summed E-state index contributed by atoms with van der Waals surface area (Å²) in [5.74, 6) is 0.851. The summed E-state index contributed by atoms with van der Waals surface area (Å²) in [6, 6.07) is 2.93. The Kier molecular flexibility index (Phi) is 5.55. The molecule has 0 aromatic heterocycles. The summed E-state index contributed by atoms with van der Waals surface area (Å²) < 4.78 is 37.7. The number of urea groups is 1. The van der Waals surface area contributed by atoms with E-state index in [0.29, 0.717) is 30.2 Å². The van der Waals surface area contributed by atoms with Gasteiger partial charge in [0, 0.05) is 39.3 Å². The first kappa shape index (κ1) is 18.3. The monoisotopic (exact) mass is 357 g/mol. The maximum absolute atomic E-state index is 12.9. The van der Waals surface area contributed by atoms with E-state index in [-0.39, 0.29) is 24.0 Å². The molecule has 0 atom stereocenters. The molecular weight excluding hydrogens is 334 g/mol. The zero-order valence-electron chi connectivity index (χ0n) is 14.3. The molecule has 1 aliphatic rings. The number of benzene rings is 1. The molecule has 2 amide bonds. The minimum Gasteiger partial charge on any atom is -0.493 e. The van der Waals surface area contributed by atoms with Crippen molar-refractivity contribution in [2.75, 3.05) is 47.4 Å². The fraction of sp³-hybridized carbons (Fsp3) is 0.533. The fourth-order valence-corrected chi connectivity index (χ4v) is 4.31. The van der Waals surface area contributed by atoms with Crippen LogP contribution in [-0.4, -0.2) is 71.1 Å². The van der Waals surface area contributed by atoms with Crippen molar-refractivity contribution in [3.05, 3.63) is 17.7 Å². The van der Waals surface area contributed by atoms with Gasteiger partial charge in [-0.25, -0.2) is 13.2 Å². The summed E-state index contributed by atoms with van der Waals surface area (Å²) in [5.41, 5.74) is 0.585. The van der Waals surface area contributed by atoms with Crippen molar-refractivity contribution >= 4 is 16.1 Å². The zero-order valence-corrected chi connectivity index (χ0v) is 15.1. The highest BCUT2D eigenvalue weighted by Crippen LogP contribution is 2.33. The van der Waals surface area contributed by atoms with Crippen LogP contribution in [0.3, 0.4) is 0 Å². The number of aryl methyl sites for hydroxylation is 1. The third-order valence-electron chi connectivity index (χ3n) is 4.04. The first-order valence-electron chi connectivity index (χ1n) is 7.54. The highest BCUT2D eigenvalue weighted by Gasteiger charge is 2.31. The highest BCUT2D eigenvalue weighted by atomic mass is 32.2. The third-order valence-corrected chi connectivity index (χ3v) is 6.08. The van der Waals surface area contributed by atoms with E-state index in [4.69, 9.17) is 9.47 Å². The number of hydrogen-bond acceptors (Lipinski definition) is 5. The van der Waals surface area contributed by atoms with E-state index in [9.17, 15) is 13.2 Å². The van der Waals surface area contributed by atoms with E-state index < -0.39 is 10.0 Å². The Labute approximate surface area is 142 Å². The van der Waals surface area contributed by atoms with E-state index in [2.05, 4.69) is 5.32 Å². The van der Waals surface area contributed by atoms with E-state index in [1.165, 1.54) is 24.6 Å². The topological polar surface area (TPSA) is 88.2 Å². The lowest BCUT2D eigenvalue weighted by Gasteiger charge is -2.34. The number of piperazine rings is 1. The summed E-state index contributed by atoms with van der Waals surface area (Å²) in [5, 5.41) is 2.55. The van der Waals surface area contributed by atoms with E-state index in [1.54, 1.807) is 24.9 Å². The Balaban J connectivity index is 2.27. The molecule has 1 N–H and O–H groups in total. The quantitative estimate of drug-likeness (QED) is 0.855. The van der Waals surface area contributed by atoms with Gasteiger partial charge in [-0.3, -0.25) is 0 Å². The molecule has 0 aliphatic carbocycles. The van der Waals surface area contributed by atoms with Gasteiger partial charge < -0.3 is 19.7 Å². The van der Waals surface area contributed by atoms with Crippen LogP contribution >= 0.6 is 0 Å². The van der Waals surface area contributed by atoms with Crippen LogP contribution in [-0.2, 0) is 10.0 Å². The van der Waals surface area contributed by atoms with Crippen LogP contribution in [0.2, 0.25) is 0 Å². The molecule has 1 aliphatic heterocycles. The van der Waals surface area contributed by atoms with Crippen LogP contribution in [0, 0.1) is 6.92 Å². The van der Waals surface area contributed by atoms with E-state index in [1.807, 2.05) is 0 Å². The number of rotatable bonds is 4. The first-order valence-corrected chi connectivity index (χ1v) is 8.98. The molecule has 24 heavy (non-hydrogen) atoms. The molecule has 1 saturated heterocycles. The minimum absolute atomic E-state index is 0.188. The second-order valence-electron chi connectivity index (χ2n) is 5.42. The van der Waals surface area contributed by atoms with Gasteiger partial charge in [-0.1, -0.05) is 0 Å². The first-order chi connectivity index (χ1) is 11.3. The van der Waals surface area contributed by atoms with Gasteiger partial charge in [-0.2, -0.15) is 4.31 Å². The maximum Gasteiger partial charge on any atom is 0.317 e. The number of nitrogens with zero attached hydrogens (tertiary/aromatic N) is 2. The molecule has 0 unspecified atom stereocenters. The number of ether oxygens (including phenoxy) is 2. The van der Waals surface area contributed by atoms with Gasteiger partial charge in [0.1, 0.15) is 0 Å². The number of carbonyl (C=O) groups excluding carboxylic acids is 1. The summed E-state index contributed by atoms with van der Waals surface area (Å²) >= 11 is 0. The molecule has 2 rings (SSSR count). The zero-order chi connectivity index (χ0) is 17.9. The lowest BCUT2D eigenvalue weighted by atomic mass is 10.2. The Hall–Kier alpha value is -2.00. The second kappa shape index (κ2) is 7.27. The number of nitrogens with one attached hydrogen (secondary N) is 1. The van der Waals surface area contributed by atoms with Gasteiger partial charge in [0.25, 0.3) is 0 Å². The van der Waals surface area contributed by atoms with Crippen molar-refractivity contribution in [2.24, 2.45) is 0 Å². The molecular formula is C15H23N3O5S. The number of amides is 2. The molecule has 1 aromatic rings. The average Bonchev–Trinajstić information content (AvgIpc) is 2.60. The molecule has 1 aromatic carbocycles. The fourth-order valence-electron chi connectivity index (χ4n) is 2.67. The highest BCUT2D eigenvalue weighted by molar-refractivity contribution is 7.89. The van der Waals surface area contributed by atoms with Gasteiger partial charge >= 0.3 is 6.03 Å². The SMILES string of the molecule is CNC(=O)N1CCN(S(=O)(=O)c2cc(OC)c(OC)cc2C)CC1. The largest absolute Gasteiger partial charge is 0.493 e. The van der Waals surface area contributed by atoms with Crippen LogP contribution in [0.25, 0.3) is 0 Å². The number of hydrogen-bond donors (Lipinski definition) is 1. The van der Waals surface area contributed by atoms with Crippen molar-refractivity contribution in [3.63, 3.8) is 0 Å². The predicted molar refractivity (Wildman–Crippen MR) is 89.1 cm³/mol. The van der Waals surface area contributed by atoms with E-state index in [0.717, 1.165) is 0 Å². The average molecular weight is 357 g/mol. The number of sulfonamides is 1. The molecule has 0 radical (unpaired) electrons. The van der Waals surface area contributed by atoms with Crippen molar-refractivity contribution in [2.45, 2.75) is 11.8 Å². The van der Waals surface area contributed by atoms with Crippen LogP contribution in [0.5, 0.6) is 11.5 Å². The van der Waals surface area contributed by atoms with Crippen molar-refractivity contribution in [1.29, 1.82) is 0 Å². The minimum atomic E-state index is -3.67. The van der Waals surface area contributed by atoms with Gasteiger partial charge in [0.15, 0.2) is 11.5 Å². The Morgan fingerprint density at radius 1 is 1.08 bits per heavy atom. The smallest absolute Gasteiger partial charge is 0.317 e. The Morgan fingerprint density at radius 3 is 2.12 bits per heavy atom. The summed E-state index contributed by atoms with van der Waals surface area (Å²) in [6.07, 6.45) is 0. The molecule has 1 heterocycles. The molecule has 0 saturated carbocycles. The summed E-state index contributed by atoms with van der Waals surface area (Å²) in [7, 11) is 0.855. The predicted octanol–water partition coefficient (Wildman–Crippen LogP) is 0.658. The van der Waals surface area contributed by atoms with Gasteiger partial charge in [0.05, 0.1) is 19.1 Å². The van der Waals surface area contributed by atoms with Gasteiger partial charge in [-0.15, -0.1) is 0 Å². The molecule has 8 nitrogen and oxygen atoms in total. The lowest BCUT2D eigenvalue weighted by Crippen LogP contribution is -2.52. The van der Waals surface area contributed by atoms with Crippen LogP contribution < -0.4 is 14.8 Å². The Bertz CT molecular complexity index is 712. The van der Waals surface area contributed by atoms with Gasteiger partial charge in [-0.05, 0) is 18.6 Å². The number of carbonyl (C=O) groups is 1. The molecule has 9 heteroatoms. The molecule has 0 spiro atoms. The molecule has 1 fully saturated rings. The Morgan fingerprint density at radius 2 is 1.62 bits per heavy atom.